The van der Waals surface area contributed by atoms with Crippen LogP contribution in [0.15, 0.2) is 12.2 Å². The molecule has 1 nitrogen and oxygen atoms in total. The van der Waals surface area contributed by atoms with Gasteiger partial charge in [0.05, 0.1) is 0 Å². The van der Waals surface area contributed by atoms with Gasteiger partial charge in [-0.3, -0.25) is 4.79 Å². The van der Waals surface area contributed by atoms with E-state index in [4.69, 9.17) is 0 Å². The summed E-state index contributed by atoms with van der Waals surface area (Å²) >= 11 is 0. The number of ketones is 1. The van der Waals surface area contributed by atoms with Crippen molar-refractivity contribution in [3.05, 3.63) is 12.2 Å². The van der Waals surface area contributed by atoms with Crippen LogP contribution in [0.4, 0.5) is 0 Å². The fourth-order valence-electron chi connectivity index (χ4n) is 1.70. The number of allylic oxidation sites excluding steroid dienone is 2. The summed E-state index contributed by atoms with van der Waals surface area (Å²) in [6.45, 7) is 10.1. The quantitative estimate of drug-likeness (QED) is 0.635. The van der Waals surface area contributed by atoms with Crippen LogP contribution < -0.4 is 0 Å². The number of rotatable bonds is 4. The van der Waals surface area contributed by atoms with Crippen LogP contribution in [0.3, 0.4) is 0 Å². The van der Waals surface area contributed by atoms with Crippen LogP contribution in [0, 0.1) is 17.8 Å². The lowest BCUT2D eigenvalue weighted by molar-refractivity contribution is -0.117. The predicted molar refractivity (Wildman–Crippen MR) is 66.8 cm³/mol. The molecule has 15 heavy (non-hydrogen) atoms. The van der Waals surface area contributed by atoms with Crippen LogP contribution in [0.5, 0.6) is 0 Å². The summed E-state index contributed by atoms with van der Waals surface area (Å²) in [4.78, 5) is 11.3. The fraction of sp³-hybridized carbons (Fsp3) is 0.786. The SMILES string of the molecule is CC.CCC1CC(/C=C/C(=O)C(C)C)C1. The van der Waals surface area contributed by atoms with E-state index in [1.54, 1.807) is 6.08 Å². The highest BCUT2D eigenvalue weighted by Gasteiger charge is 2.25. The highest BCUT2D eigenvalue weighted by Crippen LogP contribution is 2.36. The van der Waals surface area contributed by atoms with Gasteiger partial charge in [-0.15, -0.1) is 0 Å². The summed E-state index contributed by atoms with van der Waals surface area (Å²) in [5.41, 5.74) is 0. The number of hydrogen-bond donors (Lipinski definition) is 0. The lowest BCUT2D eigenvalue weighted by Gasteiger charge is -2.32. The minimum Gasteiger partial charge on any atom is -0.295 e. The van der Waals surface area contributed by atoms with Gasteiger partial charge in [0, 0.05) is 5.92 Å². The summed E-state index contributed by atoms with van der Waals surface area (Å²) in [5.74, 6) is 2.02. The van der Waals surface area contributed by atoms with Gasteiger partial charge in [-0.2, -0.15) is 0 Å². The second-order valence-corrected chi connectivity index (χ2v) is 4.42. The molecule has 0 bridgehead atoms. The first kappa shape index (κ1) is 14.4. The van der Waals surface area contributed by atoms with Crippen molar-refractivity contribution in [1.29, 1.82) is 0 Å². The van der Waals surface area contributed by atoms with Crippen molar-refractivity contribution in [1.82, 2.24) is 0 Å². The Morgan fingerprint density at radius 1 is 1.33 bits per heavy atom. The summed E-state index contributed by atoms with van der Waals surface area (Å²) in [5, 5.41) is 0. The molecule has 0 radical (unpaired) electrons. The van der Waals surface area contributed by atoms with Gasteiger partial charge < -0.3 is 0 Å². The monoisotopic (exact) mass is 210 g/mol. The largest absolute Gasteiger partial charge is 0.295 e. The Balaban J connectivity index is 0.000000921. The van der Waals surface area contributed by atoms with Gasteiger partial charge >= 0.3 is 0 Å². The molecule has 0 atom stereocenters. The molecule has 0 N–H and O–H groups in total. The number of carbonyl (C=O) groups excluding carboxylic acids is 1. The Morgan fingerprint density at radius 2 is 1.87 bits per heavy atom. The molecule has 1 fully saturated rings. The summed E-state index contributed by atoms with van der Waals surface area (Å²) < 4.78 is 0. The van der Waals surface area contributed by atoms with Gasteiger partial charge in [0.25, 0.3) is 0 Å². The topological polar surface area (TPSA) is 17.1 Å². The molecule has 1 aliphatic carbocycles. The molecule has 0 unspecified atom stereocenters. The smallest absolute Gasteiger partial charge is 0.157 e. The van der Waals surface area contributed by atoms with Gasteiger partial charge in [0.1, 0.15) is 0 Å². The summed E-state index contributed by atoms with van der Waals surface area (Å²) in [6.07, 6.45) is 7.76. The molecule has 1 rings (SSSR count). The molecule has 88 valence electrons. The first-order valence-corrected chi connectivity index (χ1v) is 6.35. The van der Waals surface area contributed by atoms with Crippen LogP contribution >= 0.6 is 0 Å². The van der Waals surface area contributed by atoms with E-state index in [-0.39, 0.29) is 11.7 Å². The van der Waals surface area contributed by atoms with E-state index >= 15 is 0 Å². The van der Waals surface area contributed by atoms with Gasteiger partial charge in [-0.1, -0.05) is 47.1 Å². The standard InChI is InChI=1S/C12H20O.C2H6/c1-4-10-7-11(8-10)5-6-12(13)9(2)3;1-2/h5-6,9-11H,4,7-8H2,1-3H3;1-2H3/b6-5+;. The molecule has 0 amide bonds. The average molecular weight is 210 g/mol. The molecule has 1 aliphatic rings. The van der Waals surface area contributed by atoms with Crippen molar-refractivity contribution in [2.45, 2.75) is 53.9 Å². The van der Waals surface area contributed by atoms with Crippen LogP contribution in [0.25, 0.3) is 0 Å². The van der Waals surface area contributed by atoms with Crippen LogP contribution in [0.2, 0.25) is 0 Å². The van der Waals surface area contributed by atoms with E-state index in [1.807, 2.05) is 27.7 Å². The third-order valence-corrected chi connectivity index (χ3v) is 2.95. The van der Waals surface area contributed by atoms with E-state index in [0.717, 1.165) is 5.92 Å². The molecular formula is C14H26O. The second-order valence-electron chi connectivity index (χ2n) is 4.42. The zero-order chi connectivity index (χ0) is 11.8. The van der Waals surface area contributed by atoms with Crippen LogP contribution in [-0.4, -0.2) is 5.78 Å². The Morgan fingerprint density at radius 3 is 2.27 bits per heavy atom. The molecule has 1 heteroatoms. The van der Waals surface area contributed by atoms with Gasteiger partial charge in [-0.05, 0) is 30.8 Å². The minimum absolute atomic E-state index is 0.151. The fourth-order valence-corrected chi connectivity index (χ4v) is 1.70. The number of hydrogen-bond acceptors (Lipinski definition) is 1. The lowest BCUT2D eigenvalue weighted by Crippen LogP contribution is -2.21. The molecule has 0 aromatic rings. The Labute approximate surface area is 95.0 Å². The third kappa shape index (κ3) is 5.15. The molecule has 0 spiro atoms. The van der Waals surface area contributed by atoms with Gasteiger partial charge in [-0.25, -0.2) is 0 Å². The Bertz CT molecular complexity index is 197. The Hall–Kier alpha value is -0.590. The van der Waals surface area contributed by atoms with Crippen LogP contribution in [-0.2, 0) is 4.79 Å². The normalized spacial score (nSPS) is 24.7. The Kier molecular flexibility index (Phi) is 7.37. The highest BCUT2D eigenvalue weighted by molar-refractivity contribution is 5.91. The predicted octanol–water partition coefficient (Wildman–Crippen LogP) is 4.23. The average Bonchev–Trinajstić information content (AvgIpc) is 2.18. The van der Waals surface area contributed by atoms with E-state index in [2.05, 4.69) is 13.0 Å². The van der Waals surface area contributed by atoms with Crippen molar-refractivity contribution < 1.29 is 4.79 Å². The lowest BCUT2D eigenvalue weighted by atomic mass is 9.73. The zero-order valence-corrected chi connectivity index (χ0v) is 10.9. The van der Waals surface area contributed by atoms with Crippen molar-refractivity contribution in [3.8, 4) is 0 Å². The molecule has 0 aromatic carbocycles. The van der Waals surface area contributed by atoms with Crippen molar-refractivity contribution in [2.24, 2.45) is 17.8 Å². The van der Waals surface area contributed by atoms with Gasteiger partial charge in [0.15, 0.2) is 5.78 Å². The minimum atomic E-state index is 0.151. The summed E-state index contributed by atoms with van der Waals surface area (Å²) in [7, 11) is 0. The maximum atomic E-state index is 11.3. The van der Waals surface area contributed by atoms with E-state index in [9.17, 15) is 4.79 Å². The molecular weight excluding hydrogens is 184 g/mol. The first-order valence-electron chi connectivity index (χ1n) is 6.35. The van der Waals surface area contributed by atoms with Crippen LogP contribution in [0.1, 0.15) is 53.9 Å². The molecule has 0 heterocycles. The summed E-state index contributed by atoms with van der Waals surface area (Å²) in [6, 6.07) is 0. The third-order valence-electron chi connectivity index (χ3n) is 2.95. The maximum Gasteiger partial charge on any atom is 0.157 e. The number of carbonyl (C=O) groups is 1. The molecule has 0 saturated heterocycles. The molecule has 1 saturated carbocycles. The molecule has 0 aliphatic heterocycles. The van der Waals surface area contributed by atoms with E-state index in [1.165, 1.54) is 19.3 Å². The maximum absolute atomic E-state index is 11.3. The second kappa shape index (κ2) is 7.67. The van der Waals surface area contributed by atoms with E-state index in [0.29, 0.717) is 5.92 Å². The van der Waals surface area contributed by atoms with Crippen molar-refractivity contribution >= 4 is 5.78 Å². The van der Waals surface area contributed by atoms with Crippen molar-refractivity contribution in [3.63, 3.8) is 0 Å². The zero-order valence-electron chi connectivity index (χ0n) is 10.9. The highest BCUT2D eigenvalue weighted by atomic mass is 16.1. The first-order chi connectivity index (χ1) is 7.13. The van der Waals surface area contributed by atoms with Gasteiger partial charge in [0.2, 0.25) is 0 Å². The van der Waals surface area contributed by atoms with E-state index < -0.39 is 0 Å². The van der Waals surface area contributed by atoms with Crippen molar-refractivity contribution in [2.75, 3.05) is 0 Å². The molecule has 0 aromatic heterocycles.